The zero-order valence-corrected chi connectivity index (χ0v) is 13.7. The van der Waals surface area contributed by atoms with Crippen LogP contribution in [0.25, 0.3) is 0 Å². The molecule has 0 aliphatic rings. The summed E-state index contributed by atoms with van der Waals surface area (Å²) < 4.78 is 26.9. The summed E-state index contributed by atoms with van der Waals surface area (Å²) in [6.07, 6.45) is 2.05. The Bertz CT molecular complexity index is 645. The van der Waals surface area contributed by atoms with Crippen molar-refractivity contribution in [3.05, 3.63) is 39.8 Å². The van der Waals surface area contributed by atoms with Crippen molar-refractivity contribution in [2.24, 2.45) is 0 Å². The Morgan fingerprint density at radius 3 is 2.70 bits per heavy atom. The third kappa shape index (κ3) is 4.05. The van der Waals surface area contributed by atoms with Gasteiger partial charge in [-0.2, -0.15) is 0 Å². The van der Waals surface area contributed by atoms with Crippen LogP contribution in [0.5, 0.6) is 0 Å². The van der Waals surface area contributed by atoms with Crippen LogP contribution in [-0.2, 0) is 10.0 Å². The summed E-state index contributed by atoms with van der Waals surface area (Å²) in [4.78, 5) is 10.9. The molecule has 110 valence electrons. The zero-order chi connectivity index (χ0) is 15.5. The molecule has 1 rings (SSSR count). The average molecular weight is 383 g/mol. The maximum atomic E-state index is 12.2. The molecular formula is C12H13BrClNO4S. The lowest BCUT2D eigenvalue weighted by atomic mass is 10.2. The van der Waals surface area contributed by atoms with E-state index >= 15 is 0 Å². The van der Waals surface area contributed by atoms with Gasteiger partial charge < -0.3 is 5.11 Å². The highest BCUT2D eigenvalue weighted by atomic mass is 79.9. The van der Waals surface area contributed by atoms with Crippen molar-refractivity contribution in [2.75, 3.05) is 0 Å². The molecule has 1 unspecified atom stereocenters. The Labute approximate surface area is 130 Å². The fourth-order valence-electron chi connectivity index (χ4n) is 1.51. The summed E-state index contributed by atoms with van der Waals surface area (Å²) in [5.41, 5.74) is -0.280. The predicted octanol–water partition coefficient (Wildman–Crippen LogP) is 3.04. The highest BCUT2D eigenvalue weighted by Gasteiger charge is 2.22. The Balaban J connectivity index is 3.26. The van der Waals surface area contributed by atoms with Gasteiger partial charge >= 0.3 is 5.97 Å². The molecule has 0 aliphatic carbocycles. The van der Waals surface area contributed by atoms with Gasteiger partial charge in [-0.3, -0.25) is 0 Å². The van der Waals surface area contributed by atoms with Gasteiger partial charge in [0.15, 0.2) is 0 Å². The van der Waals surface area contributed by atoms with Crippen molar-refractivity contribution in [3.8, 4) is 0 Å². The Hall–Kier alpha value is -0.890. The molecular weight excluding hydrogens is 370 g/mol. The topological polar surface area (TPSA) is 83.5 Å². The van der Waals surface area contributed by atoms with Crippen molar-refractivity contribution < 1.29 is 18.3 Å². The predicted molar refractivity (Wildman–Crippen MR) is 80.7 cm³/mol. The molecule has 0 saturated carbocycles. The number of aromatic carboxylic acids is 1. The standard InChI is InChI=1S/C12H13BrClNO4S/c1-3-4-7(2)15-20(18,19)8-5-9(12(16)17)11(14)10(13)6-8/h3,5-7,15H,1,4H2,2H3,(H,16,17). The van der Waals surface area contributed by atoms with Crippen molar-refractivity contribution in [1.82, 2.24) is 4.72 Å². The molecule has 8 heteroatoms. The van der Waals surface area contributed by atoms with Crippen molar-refractivity contribution >= 4 is 43.5 Å². The smallest absolute Gasteiger partial charge is 0.337 e. The van der Waals surface area contributed by atoms with E-state index in [1.54, 1.807) is 13.0 Å². The second-order valence-electron chi connectivity index (χ2n) is 4.12. The van der Waals surface area contributed by atoms with Crippen LogP contribution in [0.4, 0.5) is 0 Å². The minimum absolute atomic E-state index is 0.0458. The quantitative estimate of drug-likeness (QED) is 0.741. The molecule has 20 heavy (non-hydrogen) atoms. The molecule has 0 fully saturated rings. The molecule has 1 atom stereocenters. The summed E-state index contributed by atoms with van der Waals surface area (Å²) in [6.45, 7) is 5.21. The summed E-state index contributed by atoms with van der Waals surface area (Å²) in [5, 5.41) is 8.97. The third-order valence-corrected chi connectivity index (χ3v) is 5.25. The van der Waals surface area contributed by atoms with Crippen LogP contribution in [0, 0.1) is 0 Å². The monoisotopic (exact) mass is 381 g/mol. The van der Waals surface area contributed by atoms with Crippen LogP contribution in [0.3, 0.4) is 0 Å². The minimum Gasteiger partial charge on any atom is -0.478 e. The maximum Gasteiger partial charge on any atom is 0.337 e. The van der Waals surface area contributed by atoms with Crippen LogP contribution in [0.1, 0.15) is 23.7 Å². The molecule has 0 heterocycles. The number of benzene rings is 1. The van der Waals surface area contributed by atoms with Crippen molar-refractivity contribution in [2.45, 2.75) is 24.3 Å². The van der Waals surface area contributed by atoms with E-state index < -0.39 is 16.0 Å². The average Bonchev–Trinajstić information content (AvgIpc) is 2.31. The Kier molecular flexibility index (Phi) is 5.76. The molecule has 1 aromatic rings. The number of halogens is 2. The second kappa shape index (κ2) is 6.71. The van der Waals surface area contributed by atoms with E-state index in [4.69, 9.17) is 16.7 Å². The van der Waals surface area contributed by atoms with E-state index in [2.05, 4.69) is 27.2 Å². The molecule has 0 bridgehead atoms. The number of sulfonamides is 1. The molecule has 0 saturated heterocycles. The van der Waals surface area contributed by atoms with Gasteiger partial charge in [-0.25, -0.2) is 17.9 Å². The number of nitrogens with one attached hydrogen (secondary N) is 1. The molecule has 1 aromatic carbocycles. The zero-order valence-electron chi connectivity index (χ0n) is 10.6. The van der Waals surface area contributed by atoms with Crippen LogP contribution >= 0.6 is 27.5 Å². The van der Waals surface area contributed by atoms with Gasteiger partial charge in [-0.15, -0.1) is 6.58 Å². The van der Waals surface area contributed by atoms with Crippen LogP contribution < -0.4 is 4.72 Å². The second-order valence-corrected chi connectivity index (χ2v) is 7.06. The van der Waals surface area contributed by atoms with E-state index in [1.807, 2.05) is 0 Å². The molecule has 0 radical (unpaired) electrons. The first-order valence-corrected chi connectivity index (χ1v) is 8.20. The van der Waals surface area contributed by atoms with Gasteiger partial charge in [0.2, 0.25) is 10.0 Å². The van der Waals surface area contributed by atoms with E-state index in [0.717, 1.165) is 6.07 Å². The molecule has 0 aromatic heterocycles. The van der Waals surface area contributed by atoms with E-state index in [9.17, 15) is 13.2 Å². The Morgan fingerprint density at radius 2 is 2.20 bits per heavy atom. The molecule has 0 spiro atoms. The normalized spacial score (nSPS) is 12.9. The first-order chi connectivity index (χ1) is 9.19. The first kappa shape index (κ1) is 17.2. The number of rotatable bonds is 6. The number of hydrogen-bond acceptors (Lipinski definition) is 3. The Morgan fingerprint density at radius 1 is 1.60 bits per heavy atom. The number of carboxylic acid groups (broad SMARTS) is 1. The van der Waals surface area contributed by atoms with E-state index in [0.29, 0.717) is 6.42 Å². The van der Waals surface area contributed by atoms with Gasteiger partial charge in [0.1, 0.15) is 0 Å². The van der Waals surface area contributed by atoms with E-state index in [1.165, 1.54) is 6.07 Å². The van der Waals surface area contributed by atoms with Gasteiger partial charge in [-0.05, 0) is 41.4 Å². The van der Waals surface area contributed by atoms with Gasteiger partial charge in [0.05, 0.1) is 15.5 Å². The first-order valence-electron chi connectivity index (χ1n) is 5.54. The van der Waals surface area contributed by atoms with Crippen LogP contribution in [-0.4, -0.2) is 25.5 Å². The van der Waals surface area contributed by atoms with Gasteiger partial charge in [-0.1, -0.05) is 17.7 Å². The summed E-state index contributed by atoms with van der Waals surface area (Å²) in [6, 6.07) is 1.94. The lowest BCUT2D eigenvalue weighted by Gasteiger charge is -2.13. The fourth-order valence-corrected chi connectivity index (χ4v) is 3.62. The molecule has 0 amide bonds. The molecule has 5 nitrogen and oxygen atoms in total. The fraction of sp³-hybridized carbons (Fsp3) is 0.250. The lowest BCUT2D eigenvalue weighted by molar-refractivity contribution is 0.0696. The highest BCUT2D eigenvalue weighted by Crippen LogP contribution is 2.30. The van der Waals surface area contributed by atoms with Crippen molar-refractivity contribution in [1.29, 1.82) is 0 Å². The van der Waals surface area contributed by atoms with Crippen LogP contribution in [0.15, 0.2) is 34.2 Å². The minimum atomic E-state index is -3.83. The lowest BCUT2D eigenvalue weighted by Crippen LogP contribution is -2.32. The number of carbonyl (C=O) groups is 1. The van der Waals surface area contributed by atoms with Crippen LogP contribution in [0.2, 0.25) is 5.02 Å². The largest absolute Gasteiger partial charge is 0.478 e. The maximum absolute atomic E-state index is 12.2. The number of hydrogen-bond donors (Lipinski definition) is 2. The number of carboxylic acids is 1. The third-order valence-electron chi connectivity index (χ3n) is 2.42. The SMILES string of the molecule is C=CCC(C)NS(=O)(=O)c1cc(Br)c(Cl)c(C(=O)O)c1. The summed E-state index contributed by atoms with van der Waals surface area (Å²) in [7, 11) is -3.83. The highest BCUT2D eigenvalue weighted by molar-refractivity contribution is 9.10. The van der Waals surface area contributed by atoms with E-state index in [-0.39, 0.29) is 26.0 Å². The molecule has 0 aliphatic heterocycles. The van der Waals surface area contributed by atoms with Crippen molar-refractivity contribution in [3.63, 3.8) is 0 Å². The summed E-state index contributed by atoms with van der Waals surface area (Å²) in [5.74, 6) is -1.30. The summed E-state index contributed by atoms with van der Waals surface area (Å²) >= 11 is 8.86. The van der Waals surface area contributed by atoms with Gasteiger partial charge in [0, 0.05) is 10.5 Å². The molecule has 2 N–H and O–H groups in total. The van der Waals surface area contributed by atoms with Gasteiger partial charge in [0.25, 0.3) is 0 Å².